The Labute approximate surface area is 249 Å². The van der Waals surface area contributed by atoms with E-state index in [0.717, 1.165) is 23.4 Å². The molecule has 2 aromatic carbocycles. The van der Waals surface area contributed by atoms with Crippen LogP contribution in [0.2, 0.25) is 0 Å². The molecule has 11 heteroatoms. The molecule has 218 valence electrons. The number of anilines is 1. The first kappa shape index (κ1) is 28.1. The Morgan fingerprint density at radius 2 is 1.77 bits per heavy atom. The Balaban J connectivity index is 1.50. The number of carbonyl (C=O) groups excluding carboxylic acids is 3. The van der Waals surface area contributed by atoms with E-state index in [9.17, 15) is 19.2 Å². The molecule has 0 fully saturated rings. The number of furan rings is 1. The van der Waals surface area contributed by atoms with Gasteiger partial charge >= 0.3 is 11.9 Å². The minimum absolute atomic E-state index is 0.0566. The van der Waals surface area contributed by atoms with Crippen molar-refractivity contribution in [3.63, 3.8) is 0 Å². The van der Waals surface area contributed by atoms with E-state index in [-0.39, 0.29) is 34.1 Å². The Hall–Kier alpha value is -5.03. The van der Waals surface area contributed by atoms with E-state index in [0.29, 0.717) is 33.7 Å². The summed E-state index contributed by atoms with van der Waals surface area (Å²) < 4.78 is 17.6. The maximum absolute atomic E-state index is 14.2. The lowest BCUT2D eigenvalue weighted by Crippen LogP contribution is -2.41. The van der Waals surface area contributed by atoms with Gasteiger partial charge in [-0.25, -0.2) is 14.6 Å². The van der Waals surface area contributed by atoms with Gasteiger partial charge in [0.05, 0.1) is 41.4 Å². The number of nitrogens with zero attached hydrogens (tertiary/aromatic N) is 3. The number of aromatic nitrogens is 1. The number of carbonyl (C=O) groups is 3. The van der Waals surface area contributed by atoms with Crippen molar-refractivity contribution in [2.45, 2.75) is 33.2 Å². The molecule has 2 aliphatic heterocycles. The molecule has 43 heavy (non-hydrogen) atoms. The van der Waals surface area contributed by atoms with Crippen LogP contribution in [0.25, 0.3) is 5.57 Å². The molecular weight excluding hydrogens is 570 g/mol. The van der Waals surface area contributed by atoms with Crippen molar-refractivity contribution in [3.8, 4) is 5.75 Å². The molecule has 0 saturated carbocycles. The molecular formula is C32H27N3O7S. The van der Waals surface area contributed by atoms with Gasteiger partial charge in [-0.15, -0.1) is 0 Å². The third-order valence-corrected chi connectivity index (χ3v) is 8.27. The van der Waals surface area contributed by atoms with Crippen LogP contribution in [-0.4, -0.2) is 35.6 Å². The number of amides is 1. The maximum Gasteiger partial charge on any atom is 0.379 e. The van der Waals surface area contributed by atoms with Gasteiger partial charge in [0.2, 0.25) is 5.76 Å². The van der Waals surface area contributed by atoms with Crippen molar-refractivity contribution in [2.75, 3.05) is 18.1 Å². The van der Waals surface area contributed by atoms with Crippen LogP contribution < -0.4 is 24.5 Å². The van der Waals surface area contributed by atoms with Crippen LogP contribution in [0, 0.1) is 0 Å². The van der Waals surface area contributed by atoms with E-state index >= 15 is 0 Å². The summed E-state index contributed by atoms with van der Waals surface area (Å²) in [5.41, 5.74) is 2.51. The summed E-state index contributed by atoms with van der Waals surface area (Å²) in [5, 5.41) is 0. The van der Waals surface area contributed by atoms with Crippen LogP contribution in [-0.2, 0) is 14.3 Å². The molecule has 10 nitrogen and oxygen atoms in total. The largest absolute Gasteiger partial charge is 0.463 e. The molecule has 1 amide bonds. The summed E-state index contributed by atoms with van der Waals surface area (Å²) in [5.74, 6) is -1.19. The number of esters is 2. The standard InChI is InChI=1S/C32H27N3O7S/c1-4-16-34-22-10-7-6-9-21(22)25(28(34)36)27-29(37)35-26(24(31(39)40-5-2)18(3)33-32(35)43-27)19-12-14-20(15-13-19)42-30(38)23-11-8-17-41-23/h6-15,17,26H,4-5,16H2,1-3H3/b27-25-/t26-/m0/s1. The minimum Gasteiger partial charge on any atom is -0.463 e. The lowest BCUT2D eigenvalue weighted by atomic mass is 9.96. The molecule has 4 aromatic rings. The van der Waals surface area contributed by atoms with Crippen LogP contribution in [0.3, 0.4) is 0 Å². The van der Waals surface area contributed by atoms with Crippen molar-refractivity contribution in [1.82, 2.24) is 4.57 Å². The molecule has 2 aliphatic rings. The number of para-hydroxylation sites is 1. The highest BCUT2D eigenvalue weighted by Gasteiger charge is 2.37. The lowest BCUT2D eigenvalue weighted by molar-refractivity contribution is -0.139. The first-order chi connectivity index (χ1) is 20.8. The lowest BCUT2D eigenvalue weighted by Gasteiger charge is -2.24. The van der Waals surface area contributed by atoms with Crippen LogP contribution in [0.1, 0.15) is 54.9 Å². The predicted octanol–water partition coefficient (Wildman–Crippen LogP) is 3.74. The van der Waals surface area contributed by atoms with Crippen molar-refractivity contribution >= 4 is 40.4 Å². The Morgan fingerprint density at radius 1 is 1.00 bits per heavy atom. The number of fused-ring (bicyclic) bond motifs is 2. The second-order valence-corrected chi connectivity index (χ2v) is 10.9. The van der Waals surface area contributed by atoms with Gasteiger partial charge < -0.3 is 18.8 Å². The quantitative estimate of drug-likeness (QED) is 0.235. The van der Waals surface area contributed by atoms with Crippen LogP contribution >= 0.6 is 11.3 Å². The minimum atomic E-state index is -0.891. The van der Waals surface area contributed by atoms with Gasteiger partial charge in [0.1, 0.15) is 10.3 Å². The zero-order chi connectivity index (χ0) is 30.2. The number of rotatable bonds is 7. The fourth-order valence-corrected chi connectivity index (χ4v) is 6.51. The van der Waals surface area contributed by atoms with Crippen molar-refractivity contribution in [3.05, 3.63) is 115 Å². The monoisotopic (exact) mass is 597 g/mol. The summed E-state index contributed by atoms with van der Waals surface area (Å²) in [6.45, 7) is 6.04. The molecule has 0 bridgehead atoms. The van der Waals surface area contributed by atoms with Crippen molar-refractivity contribution in [2.24, 2.45) is 4.99 Å². The molecule has 0 spiro atoms. The second kappa shape index (κ2) is 11.3. The first-order valence-corrected chi connectivity index (χ1v) is 14.6. The predicted molar refractivity (Wildman–Crippen MR) is 159 cm³/mol. The maximum atomic E-state index is 14.2. The van der Waals surface area contributed by atoms with E-state index in [1.165, 1.54) is 16.9 Å². The highest BCUT2D eigenvalue weighted by atomic mass is 32.1. The van der Waals surface area contributed by atoms with E-state index in [4.69, 9.17) is 13.9 Å². The van der Waals surface area contributed by atoms with Crippen molar-refractivity contribution < 1.29 is 28.3 Å². The van der Waals surface area contributed by atoms with E-state index in [1.807, 2.05) is 31.2 Å². The van der Waals surface area contributed by atoms with Gasteiger partial charge in [0.15, 0.2) is 4.80 Å². The third kappa shape index (κ3) is 4.81. The highest BCUT2D eigenvalue weighted by molar-refractivity contribution is 7.07. The summed E-state index contributed by atoms with van der Waals surface area (Å²) >= 11 is 1.12. The van der Waals surface area contributed by atoms with Crippen LogP contribution in [0.4, 0.5) is 5.69 Å². The zero-order valence-corrected chi connectivity index (χ0v) is 24.5. The van der Waals surface area contributed by atoms with E-state index < -0.39 is 23.5 Å². The number of hydrogen-bond acceptors (Lipinski definition) is 9. The highest BCUT2D eigenvalue weighted by Crippen LogP contribution is 2.36. The molecule has 6 rings (SSSR count). The number of thiazole rings is 1. The Kier molecular flexibility index (Phi) is 7.41. The molecule has 0 saturated heterocycles. The number of benzene rings is 2. The Bertz CT molecular complexity index is 1970. The molecule has 0 N–H and O–H groups in total. The fourth-order valence-electron chi connectivity index (χ4n) is 5.37. The average molecular weight is 598 g/mol. The van der Waals surface area contributed by atoms with Crippen molar-refractivity contribution in [1.29, 1.82) is 0 Å². The first-order valence-electron chi connectivity index (χ1n) is 13.8. The van der Waals surface area contributed by atoms with Gasteiger partial charge in [0.25, 0.3) is 11.5 Å². The summed E-state index contributed by atoms with van der Waals surface area (Å²) in [7, 11) is 0. The number of ether oxygens (including phenoxy) is 2. The topological polar surface area (TPSA) is 120 Å². The number of allylic oxidation sites excluding steroid dienone is 1. The summed E-state index contributed by atoms with van der Waals surface area (Å²) in [6.07, 6.45) is 2.13. The molecule has 0 aliphatic carbocycles. The van der Waals surface area contributed by atoms with Gasteiger partial charge in [-0.05, 0) is 56.2 Å². The van der Waals surface area contributed by atoms with E-state index in [2.05, 4.69) is 4.99 Å². The van der Waals surface area contributed by atoms with Crippen LogP contribution in [0.5, 0.6) is 5.75 Å². The third-order valence-electron chi connectivity index (χ3n) is 7.22. The average Bonchev–Trinajstić information content (AvgIpc) is 3.71. The molecule has 2 aromatic heterocycles. The van der Waals surface area contributed by atoms with Gasteiger partial charge in [0, 0.05) is 12.1 Å². The SMILES string of the molecule is CCCN1C(=O)/C(=c2\sc3n(c2=O)[C@@H](c2ccc(OC(=O)c4ccco4)cc2)C(C(=O)OCC)=C(C)N=3)c2ccccc21. The molecule has 0 unspecified atom stereocenters. The fraction of sp³-hybridized carbons (Fsp3) is 0.219. The summed E-state index contributed by atoms with van der Waals surface area (Å²) in [6, 6.07) is 16.1. The zero-order valence-electron chi connectivity index (χ0n) is 23.7. The van der Waals surface area contributed by atoms with E-state index in [1.54, 1.807) is 49.1 Å². The molecule has 4 heterocycles. The van der Waals surface area contributed by atoms with Crippen LogP contribution in [0.15, 0.2) is 92.4 Å². The molecule has 1 atom stereocenters. The second-order valence-electron chi connectivity index (χ2n) is 9.91. The van der Waals surface area contributed by atoms with Gasteiger partial charge in [-0.2, -0.15) is 0 Å². The van der Waals surface area contributed by atoms with Gasteiger partial charge in [-0.3, -0.25) is 14.2 Å². The summed E-state index contributed by atoms with van der Waals surface area (Å²) in [4.78, 5) is 60.2. The smallest absolute Gasteiger partial charge is 0.379 e. The molecule has 0 radical (unpaired) electrons. The normalized spacial score (nSPS) is 17.0. The number of hydrogen-bond donors (Lipinski definition) is 0. The van der Waals surface area contributed by atoms with Gasteiger partial charge in [-0.1, -0.05) is 48.6 Å². The Morgan fingerprint density at radius 3 is 2.47 bits per heavy atom.